The molecule has 16 heavy (non-hydrogen) atoms. The Morgan fingerprint density at radius 2 is 2.50 bits per heavy atom. The smallest absolute Gasteiger partial charge is 0.0594 e. The largest absolute Gasteiger partial charge is 0.378 e. The molecule has 0 aliphatic carbocycles. The van der Waals surface area contributed by atoms with Gasteiger partial charge in [0.05, 0.1) is 6.10 Å². The summed E-state index contributed by atoms with van der Waals surface area (Å²) >= 11 is 5.46. The molecule has 0 spiro atoms. The van der Waals surface area contributed by atoms with Gasteiger partial charge in [0.2, 0.25) is 0 Å². The normalized spacial score (nSPS) is 27.2. The predicted molar refractivity (Wildman–Crippen MR) is 72.0 cm³/mol. The van der Waals surface area contributed by atoms with Gasteiger partial charge in [0, 0.05) is 27.9 Å². The first kappa shape index (κ1) is 12.6. The maximum atomic E-state index is 5.68. The van der Waals surface area contributed by atoms with E-state index >= 15 is 0 Å². The monoisotopic (exact) mass is 303 g/mol. The fourth-order valence-corrected chi connectivity index (χ4v) is 4.14. The molecule has 90 valence electrons. The van der Waals surface area contributed by atoms with Crippen LogP contribution in [-0.2, 0) is 4.74 Å². The van der Waals surface area contributed by atoms with Crippen molar-refractivity contribution in [2.24, 2.45) is 5.92 Å². The van der Waals surface area contributed by atoms with Crippen LogP contribution < -0.4 is 5.32 Å². The maximum absolute atomic E-state index is 5.68. The van der Waals surface area contributed by atoms with Gasteiger partial charge in [-0.25, -0.2) is 0 Å². The van der Waals surface area contributed by atoms with Crippen molar-refractivity contribution in [3.63, 3.8) is 0 Å². The van der Waals surface area contributed by atoms with Gasteiger partial charge in [-0.1, -0.05) is 6.92 Å². The van der Waals surface area contributed by atoms with E-state index < -0.39 is 0 Å². The predicted octanol–water partition coefficient (Wildman–Crippen LogP) is 3.59. The fourth-order valence-electron chi connectivity index (χ4n) is 2.37. The third kappa shape index (κ3) is 2.50. The van der Waals surface area contributed by atoms with Crippen LogP contribution in [0.25, 0.3) is 0 Å². The number of rotatable bonds is 4. The molecule has 1 N–H and O–H groups in total. The molecular weight excluding hydrogens is 286 g/mol. The van der Waals surface area contributed by atoms with Crippen LogP contribution in [0.4, 0.5) is 0 Å². The molecule has 2 nitrogen and oxygen atoms in total. The first-order valence-electron chi connectivity index (χ1n) is 5.82. The van der Waals surface area contributed by atoms with E-state index in [-0.39, 0.29) is 0 Å². The molecule has 2 heterocycles. The molecule has 3 unspecified atom stereocenters. The quantitative estimate of drug-likeness (QED) is 0.918. The highest BCUT2D eigenvalue weighted by Gasteiger charge is 2.33. The number of hydrogen-bond donors (Lipinski definition) is 1. The van der Waals surface area contributed by atoms with Crippen LogP contribution in [0.15, 0.2) is 15.9 Å². The van der Waals surface area contributed by atoms with Crippen molar-refractivity contribution in [1.29, 1.82) is 0 Å². The minimum Gasteiger partial charge on any atom is -0.378 e. The molecule has 1 aromatic heterocycles. The van der Waals surface area contributed by atoms with Gasteiger partial charge in [0.25, 0.3) is 0 Å². The van der Waals surface area contributed by atoms with Gasteiger partial charge in [0.1, 0.15) is 0 Å². The summed E-state index contributed by atoms with van der Waals surface area (Å²) in [5.41, 5.74) is 0. The van der Waals surface area contributed by atoms with E-state index in [1.165, 1.54) is 9.35 Å². The Labute approximate surface area is 110 Å². The van der Waals surface area contributed by atoms with E-state index in [4.69, 9.17) is 4.74 Å². The fraction of sp³-hybridized carbons (Fsp3) is 0.667. The van der Waals surface area contributed by atoms with E-state index in [2.05, 4.69) is 46.5 Å². The van der Waals surface area contributed by atoms with Crippen molar-refractivity contribution in [3.8, 4) is 0 Å². The van der Waals surface area contributed by atoms with Gasteiger partial charge in [0.15, 0.2) is 0 Å². The maximum Gasteiger partial charge on any atom is 0.0594 e. The molecule has 1 aliphatic rings. The molecule has 0 bridgehead atoms. The minimum absolute atomic E-state index is 0.359. The second-order valence-corrected chi connectivity index (χ2v) is 6.00. The minimum atomic E-state index is 0.359. The number of nitrogens with one attached hydrogen (secondary N) is 1. The zero-order valence-electron chi connectivity index (χ0n) is 9.70. The van der Waals surface area contributed by atoms with E-state index in [0.717, 1.165) is 19.6 Å². The number of halogens is 1. The van der Waals surface area contributed by atoms with Crippen molar-refractivity contribution < 1.29 is 4.74 Å². The first-order valence-corrected chi connectivity index (χ1v) is 7.49. The van der Waals surface area contributed by atoms with Crippen LogP contribution in [0.5, 0.6) is 0 Å². The molecule has 4 heteroatoms. The number of ether oxygens (including phenoxy) is 1. The summed E-state index contributed by atoms with van der Waals surface area (Å²) in [4.78, 5) is 1.41. The average Bonchev–Trinajstić information content (AvgIpc) is 2.84. The van der Waals surface area contributed by atoms with Crippen LogP contribution in [0.3, 0.4) is 0 Å². The molecule has 0 radical (unpaired) electrons. The second kappa shape index (κ2) is 5.63. The molecule has 2 rings (SSSR count). The van der Waals surface area contributed by atoms with E-state index in [1.807, 2.05) is 11.3 Å². The Balaban J connectivity index is 2.20. The topological polar surface area (TPSA) is 21.3 Å². The Hall–Kier alpha value is 0.1000. The van der Waals surface area contributed by atoms with Gasteiger partial charge < -0.3 is 10.1 Å². The van der Waals surface area contributed by atoms with Crippen molar-refractivity contribution in [1.82, 2.24) is 5.32 Å². The Kier molecular flexibility index (Phi) is 4.41. The lowest BCUT2D eigenvalue weighted by molar-refractivity contribution is 0.0959. The summed E-state index contributed by atoms with van der Waals surface area (Å²) in [6.45, 7) is 6.24. The van der Waals surface area contributed by atoms with E-state index in [9.17, 15) is 0 Å². The van der Waals surface area contributed by atoms with Crippen LogP contribution in [0.2, 0.25) is 0 Å². The van der Waals surface area contributed by atoms with Gasteiger partial charge in [-0.15, -0.1) is 11.3 Å². The molecule has 0 aromatic carbocycles. The van der Waals surface area contributed by atoms with Crippen LogP contribution in [-0.4, -0.2) is 19.3 Å². The molecule has 0 saturated carbocycles. The molecular formula is C12H18BrNOS. The second-order valence-electron chi connectivity index (χ2n) is 4.20. The van der Waals surface area contributed by atoms with Gasteiger partial charge in [-0.2, -0.15) is 0 Å². The molecule has 1 saturated heterocycles. The highest BCUT2D eigenvalue weighted by molar-refractivity contribution is 9.10. The van der Waals surface area contributed by atoms with Gasteiger partial charge in [-0.3, -0.25) is 0 Å². The molecule has 1 fully saturated rings. The highest BCUT2D eigenvalue weighted by Crippen LogP contribution is 2.38. The summed E-state index contributed by atoms with van der Waals surface area (Å²) in [7, 11) is 0. The number of thiophene rings is 1. The van der Waals surface area contributed by atoms with Crippen LogP contribution >= 0.6 is 27.3 Å². The van der Waals surface area contributed by atoms with Gasteiger partial charge in [-0.05, 0) is 47.3 Å². The van der Waals surface area contributed by atoms with Crippen LogP contribution in [0.1, 0.15) is 31.2 Å². The molecule has 0 amide bonds. The zero-order chi connectivity index (χ0) is 11.5. The SMILES string of the molecule is CCNC(c1sccc1Br)C1CCOC1C. The van der Waals surface area contributed by atoms with Gasteiger partial charge >= 0.3 is 0 Å². The van der Waals surface area contributed by atoms with Crippen molar-refractivity contribution in [2.75, 3.05) is 13.2 Å². The molecule has 1 aliphatic heterocycles. The van der Waals surface area contributed by atoms with Crippen LogP contribution in [0, 0.1) is 5.92 Å². The first-order chi connectivity index (χ1) is 7.74. The van der Waals surface area contributed by atoms with Crippen molar-refractivity contribution in [3.05, 3.63) is 20.8 Å². The standard InChI is InChI=1S/C12H18BrNOS/c1-3-14-11(9-4-6-15-8(9)2)12-10(13)5-7-16-12/h5,7-9,11,14H,3-4,6H2,1-2H3. The Bertz CT molecular complexity index is 342. The van der Waals surface area contributed by atoms with E-state index in [0.29, 0.717) is 18.1 Å². The van der Waals surface area contributed by atoms with E-state index in [1.54, 1.807) is 0 Å². The summed E-state index contributed by atoms with van der Waals surface area (Å²) in [6, 6.07) is 2.56. The molecule has 1 aromatic rings. The number of hydrogen-bond acceptors (Lipinski definition) is 3. The van der Waals surface area contributed by atoms with Crippen molar-refractivity contribution in [2.45, 2.75) is 32.4 Å². The summed E-state index contributed by atoms with van der Waals surface area (Å²) in [6.07, 6.45) is 1.52. The zero-order valence-corrected chi connectivity index (χ0v) is 12.1. The third-order valence-corrected chi connectivity index (χ3v) is 5.17. The average molecular weight is 304 g/mol. The lowest BCUT2D eigenvalue weighted by Crippen LogP contribution is -2.31. The molecule has 3 atom stereocenters. The Morgan fingerprint density at radius 1 is 1.69 bits per heavy atom. The Morgan fingerprint density at radius 3 is 3.00 bits per heavy atom. The lowest BCUT2D eigenvalue weighted by atomic mass is 9.92. The highest BCUT2D eigenvalue weighted by atomic mass is 79.9. The van der Waals surface area contributed by atoms with Crippen molar-refractivity contribution >= 4 is 27.3 Å². The summed E-state index contributed by atoms with van der Waals surface area (Å²) < 4.78 is 6.90. The summed E-state index contributed by atoms with van der Waals surface area (Å²) in [5.74, 6) is 0.592. The third-order valence-electron chi connectivity index (χ3n) is 3.21. The summed E-state index contributed by atoms with van der Waals surface area (Å²) in [5, 5.41) is 5.74. The lowest BCUT2D eigenvalue weighted by Gasteiger charge is -2.26.